The van der Waals surface area contributed by atoms with Gasteiger partial charge in [-0.15, -0.1) is 0 Å². The molecule has 1 aliphatic heterocycles. The van der Waals surface area contributed by atoms with Crippen molar-refractivity contribution in [2.24, 2.45) is 7.05 Å². The first-order valence-corrected chi connectivity index (χ1v) is 7.33. The number of carbonyl (C=O) groups excluding carboxylic acids is 1. The van der Waals surface area contributed by atoms with E-state index in [0.29, 0.717) is 11.6 Å². The Morgan fingerprint density at radius 2 is 2.29 bits per heavy atom. The van der Waals surface area contributed by atoms with Crippen LogP contribution in [-0.4, -0.2) is 32.3 Å². The first kappa shape index (κ1) is 13.9. The summed E-state index contributed by atoms with van der Waals surface area (Å²) in [4.78, 5) is 14.5. The summed E-state index contributed by atoms with van der Waals surface area (Å²) < 4.78 is 7.08. The van der Waals surface area contributed by atoms with Gasteiger partial charge in [-0.25, -0.2) is 0 Å². The fourth-order valence-electron chi connectivity index (χ4n) is 2.77. The smallest absolute Gasteiger partial charge is 0.272 e. The van der Waals surface area contributed by atoms with Gasteiger partial charge in [-0.3, -0.25) is 9.48 Å². The molecular formula is C15H20N4O2. The molecule has 2 aromatic rings. The van der Waals surface area contributed by atoms with E-state index < -0.39 is 0 Å². The first-order valence-electron chi connectivity index (χ1n) is 7.33. The second kappa shape index (κ2) is 5.35. The molecule has 3 heterocycles. The summed E-state index contributed by atoms with van der Waals surface area (Å²) >= 11 is 0. The van der Waals surface area contributed by atoms with Crippen LogP contribution in [0.5, 0.6) is 0 Å². The summed E-state index contributed by atoms with van der Waals surface area (Å²) in [6, 6.07) is 3.70. The fourth-order valence-corrected chi connectivity index (χ4v) is 2.77. The van der Waals surface area contributed by atoms with Gasteiger partial charge in [0.2, 0.25) is 0 Å². The van der Waals surface area contributed by atoms with E-state index in [2.05, 4.69) is 24.1 Å². The largest absolute Gasteiger partial charge is 0.359 e. The van der Waals surface area contributed by atoms with Gasteiger partial charge in [-0.1, -0.05) is 19.0 Å². The van der Waals surface area contributed by atoms with E-state index in [1.54, 1.807) is 24.0 Å². The lowest BCUT2D eigenvalue weighted by Gasteiger charge is -2.22. The molecule has 1 saturated heterocycles. The Kier molecular flexibility index (Phi) is 3.53. The predicted molar refractivity (Wildman–Crippen MR) is 76.8 cm³/mol. The van der Waals surface area contributed by atoms with Crippen molar-refractivity contribution < 1.29 is 9.32 Å². The molecule has 1 amide bonds. The lowest BCUT2D eigenvalue weighted by Crippen LogP contribution is -2.31. The van der Waals surface area contributed by atoms with Crippen molar-refractivity contribution in [2.75, 3.05) is 6.54 Å². The third-order valence-electron chi connectivity index (χ3n) is 4.02. The summed E-state index contributed by atoms with van der Waals surface area (Å²) in [5.74, 6) is 1.11. The Balaban J connectivity index is 1.85. The van der Waals surface area contributed by atoms with Crippen LogP contribution in [0.3, 0.4) is 0 Å². The normalized spacial score (nSPS) is 18.7. The van der Waals surface area contributed by atoms with Gasteiger partial charge in [0, 0.05) is 25.9 Å². The number of likely N-dealkylation sites (tertiary alicyclic amines) is 1. The van der Waals surface area contributed by atoms with Gasteiger partial charge in [0.15, 0.2) is 5.76 Å². The van der Waals surface area contributed by atoms with E-state index in [9.17, 15) is 4.79 Å². The summed E-state index contributed by atoms with van der Waals surface area (Å²) in [7, 11) is 1.78. The Labute approximate surface area is 123 Å². The monoisotopic (exact) mass is 288 g/mol. The SMILES string of the molecule is CC(C)c1cc([C@H]2CCCN2C(=O)c2ccnn2C)on1. The van der Waals surface area contributed by atoms with Crippen LogP contribution in [-0.2, 0) is 7.05 Å². The molecule has 0 saturated carbocycles. The van der Waals surface area contributed by atoms with Gasteiger partial charge in [0.05, 0.1) is 11.7 Å². The third kappa shape index (κ3) is 2.46. The minimum absolute atomic E-state index is 0.00000283. The Morgan fingerprint density at radius 3 is 2.90 bits per heavy atom. The lowest BCUT2D eigenvalue weighted by atomic mass is 10.1. The van der Waals surface area contributed by atoms with Gasteiger partial charge < -0.3 is 9.42 Å². The molecule has 0 aliphatic carbocycles. The molecule has 21 heavy (non-hydrogen) atoms. The molecule has 0 spiro atoms. The highest BCUT2D eigenvalue weighted by Gasteiger charge is 2.34. The van der Waals surface area contributed by atoms with Gasteiger partial charge in [0.1, 0.15) is 5.69 Å². The van der Waals surface area contributed by atoms with E-state index in [1.165, 1.54) is 0 Å². The zero-order chi connectivity index (χ0) is 15.0. The molecule has 1 aliphatic rings. The maximum absolute atomic E-state index is 12.7. The van der Waals surface area contributed by atoms with E-state index in [4.69, 9.17) is 4.52 Å². The topological polar surface area (TPSA) is 64.2 Å². The third-order valence-corrected chi connectivity index (χ3v) is 4.02. The highest BCUT2D eigenvalue weighted by molar-refractivity contribution is 5.92. The van der Waals surface area contributed by atoms with Gasteiger partial charge in [0.25, 0.3) is 5.91 Å². The van der Waals surface area contributed by atoms with Crippen LogP contribution in [0.4, 0.5) is 0 Å². The van der Waals surface area contributed by atoms with Gasteiger partial charge >= 0.3 is 0 Å². The van der Waals surface area contributed by atoms with Crippen LogP contribution < -0.4 is 0 Å². The fraction of sp³-hybridized carbons (Fsp3) is 0.533. The van der Waals surface area contributed by atoms with Crippen LogP contribution >= 0.6 is 0 Å². The molecule has 0 aromatic carbocycles. The molecular weight excluding hydrogens is 268 g/mol. The summed E-state index contributed by atoms with van der Waals surface area (Å²) in [6.45, 7) is 4.90. The van der Waals surface area contributed by atoms with E-state index in [0.717, 1.165) is 30.8 Å². The van der Waals surface area contributed by atoms with Crippen LogP contribution in [0.2, 0.25) is 0 Å². The number of carbonyl (C=O) groups is 1. The molecule has 6 nitrogen and oxygen atoms in total. The van der Waals surface area contributed by atoms with Crippen LogP contribution in [0.1, 0.15) is 60.6 Å². The standard InChI is InChI=1S/C15H20N4O2/c1-10(2)11-9-14(21-17-11)12-5-4-8-19(12)15(20)13-6-7-16-18(13)3/h6-7,9-10,12H,4-5,8H2,1-3H3/t12-/m1/s1. The highest BCUT2D eigenvalue weighted by Crippen LogP contribution is 2.34. The van der Waals surface area contributed by atoms with Crippen LogP contribution in [0.15, 0.2) is 22.9 Å². The Morgan fingerprint density at radius 1 is 1.48 bits per heavy atom. The number of hydrogen-bond acceptors (Lipinski definition) is 4. The minimum Gasteiger partial charge on any atom is -0.359 e. The van der Waals surface area contributed by atoms with Crippen LogP contribution in [0.25, 0.3) is 0 Å². The maximum Gasteiger partial charge on any atom is 0.272 e. The van der Waals surface area contributed by atoms with E-state index in [1.807, 2.05) is 11.0 Å². The molecule has 2 aromatic heterocycles. The van der Waals surface area contributed by atoms with Crippen molar-refractivity contribution in [3.05, 3.63) is 35.5 Å². The molecule has 112 valence electrons. The number of nitrogens with zero attached hydrogens (tertiary/aromatic N) is 4. The molecule has 1 fully saturated rings. The van der Waals surface area contributed by atoms with E-state index >= 15 is 0 Å². The van der Waals surface area contributed by atoms with Crippen molar-refractivity contribution >= 4 is 5.91 Å². The molecule has 6 heteroatoms. The minimum atomic E-state index is -0.0209. The Hall–Kier alpha value is -2.11. The maximum atomic E-state index is 12.7. The molecule has 0 N–H and O–H groups in total. The zero-order valence-corrected chi connectivity index (χ0v) is 12.6. The van der Waals surface area contributed by atoms with Crippen molar-refractivity contribution in [2.45, 2.75) is 38.6 Å². The van der Waals surface area contributed by atoms with E-state index in [-0.39, 0.29) is 11.9 Å². The number of hydrogen-bond donors (Lipinski definition) is 0. The summed E-state index contributed by atoms with van der Waals surface area (Å²) in [5, 5.41) is 8.17. The van der Waals surface area contributed by atoms with Crippen molar-refractivity contribution in [3.63, 3.8) is 0 Å². The Bertz CT molecular complexity index is 644. The van der Waals surface area contributed by atoms with Gasteiger partial charge in [-0.05, 0) is 24.8 Å². The molecule has 0 radical (unpaired) electrons. The van der Waals surface area contributed by atoms with Crippen molar-refractivity contribution in [3.8, 4) is 0 Å². The molecule has 0 bridgehead atoms. The number of aromatic nitrogens is 3. The molecule has 3 rings (SSSR count). The predicted octanol–water partition coefficient (Wildman–Crippen LogP) is 2.51. The molecule has 1 atom stereocenters. The summed E-state index contributed by atoms with van der Waals surface area (Å²) in [6.07, 6.45) is 3.53. The van der Waals surface area contributed by atoms with Crippen molar-refractivity contribution in [1.82, 2.24) is 19.8 Å². The number of amides is 1. The van der Waals surface area contributed by atoms with Gasteiger partial charge in [-0.2, -0.15) is 5.10 Å². The van der Waals surface area contributed by atoms with Crippen LogP contribution in [0, 0.1) is 0 Å². The zero-order valence-electron chi connectivity index (χ0n) is 12.6. The second-order valence-corrected chi connectivity index (χ2v) is 5.81. The highest BCUT2D eigenvalue weighted by atomic mass is 16.5. The average Bonchev–Trinajstić information content (AvgIpc) is 3.17. The average molecular weight is 288 g/mol. The summed E-state index contributed by atoms with van der Waals surface area (Å²) in [5.41, 5.74) is 1.54. The molecule has 0 unspecified atom stereocenters. The second-order valence-electron chi connectivity index (χ2n) is 5.81. The quantitative estimate of drug-likeness (QED) is 0.870. The lowest BCUT2D eigenvalue weighted by molar-refractivity contribution is 0.0703. The first-order chi connectivity index (χ1) is 10.1. The number of aryl methyl sites for hydroxylation is 1. The number of rotatable bonds is 3. The van der Waals surface area contributed by atoms with Crippen molar-refractivity contribution in [1.29, 1.82) is 0 Å².